The molecule has 0 fully saturated rings. The van der Waals surface area contributed by atoms with Crippen LogP contribution in [0, 0.1) is 0 Å². The fourth-order valence-corrected chi connectivity index (χ4v) is 2.15. The van der Waals surface area contributed by atoms with Gasteiger partial charge in [-0.25, -0.2) is 4.68 Å². The lowest BCUT2D eigenvalue weighted by Crippen LogP contribution is -2.07. The lowest BCUT2D eigenvalue weighted by atomic mass is 10.1. The smallest absolute Gasteiger partial charge is 0.399 e. The molecule has 0 saturated heterocycles. The summed E-state index contributed by atoms with van der Waals surface area (Å²) in [5, 5.41) is 3.71. The van der Waals surface area contributed by atoms with Crippen molar-refractivity contribution in [1.82, 2.24) is 9.78 Å². The lowest BCUT2D eigenvalue weighted by molar-refractivity contribution is -0.141. The molecule has 0 spiro atoms. The number of hydrogen-bond acceptors (Lipinski definition) is 2. The van der Waals surface area contributed by atoms with Gasteiger partial charge in [0.15, 0.2) is 5.69 Å². The highest BCUT2D eigenvalue weighted by atomic mass is 19.4. The van der Waals surface area contributed by atoms with Crippen LogP contribution in [-0.4, -0.2) is 9.78 Å². The average molecular weight is 303 g/mol. The van der Waals surface area contributed by atoms with E-state index in [0.717, 1.165) is 6.07 Å². The van der Waals surface area contributed by atoms with Crippen LogP contribution in [0.1, 0.15) is 5.69 Å². The number of rotatable bonds is 2. The minimum atomic E-state index is -4.50. The van der Waals surface area contributed by atoms with Gasteiger partial charge in [0.25, 0.3) is 0 Å². The Labute approximate surface area is 124 Å². The SMILES string of the molecule is Nc1ccc(-c2cc(C(F)(F)F)nn2-c2ccccc2)cc1. The summed E-state index contributed by atoms with van der Waals surface area (Å²) < 4.78 is 40.2. The van der Waals surface area contributed by atoms with Gasteiger partial charge >= 0.3 is 6.18 Å². The van der Waals surface area contributed by atoms with Crippen molar-refractivity contribution < 1.29 is 13.2 Å². The van der Waals surface area contributed by atoms with Crippen molar-refractivity contribution in [2.24, 2.45) is 0 Å². The average Bonchev–Trinajstić information content (AvgIpc) is 2.94. The second-order valence-electron chi connectivity index (χ2n) is 4.78. The van der Waals surface area contributed by atoms with E-state index in [2.05, 4.69) is 5.10 Å². The van der Waals surface area contributed by atoms with Crippen LogP contribution in [0.2, 0.25) is 0 Å². The van der Waals surface area contributed by atoms with Gasteiger partial charge in [0.2, 0.25) is 0 Å². The van der Waals surface area contributed by atoms with Gasteiger partial charge in [0, 0.05) is 11.3 Å². The first kappa shape index (κ1) is 14.2. The Morgan fingerprint density at radius 3 is 2.14 bits per heavy atom. The van der Waals surface area contributed by atoms with Gasteiger partial charge in [-0.05, 0) is 30.3 Å². The number of aromatic nitrogens is 2. The van der Waals surface area contributed by atoms with Crippen molar-refractivity contribution in [2.45, 2.75) is 6.18 Å². The van der Waals surface area contributed by atoms with Gasteiger partial charge in [0.1, 0.15) is 0 Å². The molecule has 0 aliphatic carbocycles. The van der Waals surface area contributed by atoms with E-state index in [-0.39, 0.29) is 0 Å². The van der Waals surface area contributed by atoms with Gasteiger partial charge in [-0.2, -0.15) is 18.3 Å². The summed E-state index contributed by atoms with van der Waals surface area (Å²) in [5.41, 5.74) is 6.78. The number of hydrogen-bond donors (Lipinski definition) is 1. The van der Waals surface area contributed by atoms with Gasteiger partial charge < -0.3 is 5.73 Å². The van der Waals surface area contributed by atoms with Crippen LogP contribution in [0.3, 0.4) is 0 Å². The van der Waals surface area contributed by atoms with Crippen molar-refractivity contribution >= 4 is 5.69 Å². The summed E-state index contributed by atoms with van der Waals surface area (Å²) in [4.78, 5) is 0. The van der Waals surface area contributed by atoms with E-state index in [9.17, 15) is 13.2 Å². The third kappa shape index (κ3) is 2.67. The summed E-state index contributed by atoms with van der Waals surface area (Å²) >= 11 is 0. The van der Waals surface area contributed by atoms with Crippen molar-refractivity contribution in [2.75, 3.05) is 5.73 Å². The number of halogens is 3. The number of nitrogens with two attached hydrogens (primary N) is 1. The zero-order valence-electron chi connectivity index (χ0n) is 11.4. The van der Waals surface area contributed by atoms with Crippen molar-refractivity contribution in [3.63, 3.8) is 0 Å². The maximum atomic E-state index is 13.0. The predicted molar refractivity (Wildman–Crippen MR) is 78.4 cm³/mol. The fourth-order valence-electron chi connectivity index (χ4n) is 2.15. The van der Waals surface area contributed by atoms with Crippen LogP contribution in [0.25, 0.3) is 16.9 Å². The largest absolute Gasteiger partial charge is 0.435 e. The quantitative estimate of drug-likeness (QED) is 0.723. The van der Waals surface area contributed by atoms with E-state index in [4.69, 9.17) is 5.73 Å². The number of nitrogen functional groups attached to an aromatic ring is 1. The van der Waals surface area contributed by atoms with Crippen molar-refractivity contribution in [3.8, 4) is 16.9 Å². The molecule has 0 unspecified atom stereocenters. The maximum absolute atomic E-state index is 13.0. The van der Waals surface area contributed by atoms with Gasteiger partial charge in [-0.15, -0.1) is 0 Å². The Balaban J connectivity index is 2.19. The zero-order valence-corrected chi connectivity index (χ0v) is 11.4. The summed E-state index contributed by atoms with van der Waals surface area (Å²) in [6, 6.07) is 16.4. The first-order valence-corrected chi connectivity index (χ1v) is 6.54. The summed E-state index contributed by atoms with van der Waals surface area (Å²) in [6.07, 6.45) is -4.50. The van der Waals surface area contributed by atoms with Crippen molar-refractivity contribution in [1.29, 1.82) is 0 Å². The monoisotopic (exact) mass is 303 g/mol. The molecule has 22 heavy (non-hydrogen) atoms. The molecule has 0 radical (unpaired) electrons. The Morgan fingerprint density at radius 2 is 1.55 bits per heavy atom. The van der Waals surface area contributed by atoms with Crippen LogP contribution < -0.4 is 5.73 Å². The Kier molecular flexibility index (Phi) is 3.36. The second-order valence-corrected chi connectivity index (χ2v) is 4.78. The molecular weight excluding hydrogens is 291 g/mol. The molecule has 3 aromatic rings. The normalized spacial score (nSPS) is 11.6. The molecule has 3 rings (SSSR count). The first-order chi connectivity index (χ1) is 10.4. The minimum Gasteiger partial charge on any atom is -0.399 e. The standard InChI is InChI=1S/C16H12F3N3/c17-16(18,19)15-10-14(11-6-8-12(20)9-7-11)22(21-15)13-4-2-1-3-5-13/h1-10H,20H2. The van der Waals surface area contributed by atoms with E-state index in [0.29, 0.717) is 22.6 Å². The molecule has 1 heterocycles. The van der Waals surface area contributed by atoms with E-state index < -0.39 is 11.9 Å². The highest BCUT2D eigenvalue weighted by molar-refractivity contribution is 5.65. The van der Waals surface area contributed by atoms with E-state index in [1.165, 1.54) is 4.68 Å². The molecule has 3 nitrogen and oxygen atoms in total. The molecular formula is C16H12F3N3. The molecule has 0 saturated carbocycles. The molecule has 0 bridgehead atoms. The maximum Gasteiger partial charge on any atom is 0.435 e. The number of nitrogens with zero attached hydrogens (tertiary/aromatic N) is 2. The molecule has 2 aromatic carbocycles. The Bertz CT molecular complexity index is 775. The molecule has 0 atom stereocenters. The molecule has 112 valence electrons. The van der Waals surface area contributed by atoms with Crippen LogP contribution in [0.5, 0.6) is 0 Å². The molecule has 0 aliphatic heterocycles. The zero-order chi connectivity index (χ0) is 15.7. The lowest BCUT2D eigenvalue weighted by Gasteiger charge is -2.07. The summed E-state index contributed by atoms with van der Waals surface area (Å²) in [5.74, 6) is 0. The minimum absolute atomic E-state index is 0.360. The topological polar surface area (TPSA) is 43.8 Å². The summed E-state index contributed by atoms with van der Waals surface area (Å²) in [7, 11) is 0. The highest BCUT2D eigenvalue weighted by Gasteiger charge is 2.35. The second kappa shape index (κ2) is 5.22. The molecule has 0 aliphatic rings. The van der Waals surface area contributed by atoms with Gasteiger partial charge in [-0.1, -0.05) is 30.3 Å². The number of anilines is 1. The third-order valence-corrected chi connectivity index (χ3v) is 3.21. The molecule has 0 amide bonds. The first-order valence-electron chi connectivity index (χ1n) is 6.54. The van der Waals surface area contributed by atoms with E-state index in [1.807, 2.05) is 0 Å². The van der Waals surface area contributed by atoms with Crippen LogP contribution in [0.4, 0.5) is 18.9 Å². The van der Waals surface area contributed by atoms with Gasteiger partial charge in [0.05, 0.1) is 11.4 Å². The fraction of sp³-hybridized carbons (Fsp3) is 0.0625. The molecule has 6 heteroatoms. The van der Waals surface area contributed by atoms with E-state index in [1.54, 1.807) is 54.6 Å². The Morgan fingerprint density at radius 1 is 0.909 bits per heavy atom. The van der Waals surface area contributed by atoms with E-state index >= 15 is 0 Å². The van der Waals surface area contributed by atoms with Crippen LogP contribution >= 0.6 is 0 Å². The number of alkyl halides is 3. The third-order valence-electron chi connectivity index (χ3n) is 3.21. The molecule has 1 aromatic heterocycles. The Hall–Kier alpha value is -2.76. The number of para-hydroxylation sites is 1. The predicted octanol–water partition coefficient (Wildman–Crippen LogP) is 4.14. The molecule has 2 N–H and O–H groups in total. The summed E-state index contributed by atoms with van der Waals surface area (Å²) in [6.45, 7) is 0. The van der Waals surface area contributed by atoms with Crippen LogP contribution in [-0.2, 0) is 6.18 Å². The number of benzene rings is 2. The highest BCUT2D eigenvalue weighted by Crippen LogP contribution is 2.33. The van der Waals surface area contributed by atoms with Gasteiger partial charge in [-0.3, -0.25) is 0 Å². The van der Waals surface area contributed by atoms with Crippen molar-refractivity contribution in [3.05, 3.63) is 66.4 Å². The van der Waals surface area contributed by atoms with Crippen LogP contribution in [0.15, 0.2) is 60.7 Å².